The van der Waals surface area contributed by atoms with E-state index in [9.17, 15) is 0 Å². The van der Waals surface area contributed by atoms with Crippen LogP contribution in [0, 0.1) is 0 Å². The van der Waals surface area contributed by atoms with Gasteiger partial charge in [0.05, 0.1) is 11.5 Å². The quantitative estimate of drug-likeness (QED) is 0.719. The molecule has 0 spiro atoms. The highest BCUT2D eigenvalue weighted by Gasteiger charge is 2.53. The van der Waals surface area contributed by atoms with Gasteiger partial charge in [-0.2, -0.15) is 0 Å². The van der Waals surface area contributed by atoms with Crippen LogP contribution in [0.2, 0.25) is 0 Å². The summed E-state index contributed by atoms with van der Waals surface area (Å²) in [6, 6.07) is 5.02. The second-order valence-electron chi connectivity index (χ2n) is 7.42. The molecular weight excluding hydrogens is 322 g/mol. The number of hydrogen-bond donors (Lipinski definition) is 0. The lowest BCUT2D eigenvalue weighted by Crippen LogP contribution is -2.48. The number of nitrogens with zero attached hydrogens (tertiary/aromatic N) is 3. The van der Waals surface area contributed by atoms with Crippen molar-refractivity contribution in [2.45, 2.75) is 62.0 Å². The van der Waals surface area contributed by atoms with E-state index in [0.29, 0.717) is 18.8 Å². The predicted molar refractivity (Wildman–Crippen MR) is 91.4 cm³/mol. The first kappa shape index (κ1) is 15.0. The second kappa shape index (κ2) is 5.64. The van der Waals surface area contributed by atoms with Gasteiger partial charge in [-0.25, -0.2) is 0 Å². The molecule has 0 aromatic carbocycles. The average Bonchev–Trinajstić information content (AvgIpc) is 3.49. The fourth-order valence-corrected chi connectivity index (χ4v) is 4.93. The van der Waals surface area contributed by atoms with Crippen molar-refractivity contribution in [1.29, 1.82) is 0 Å². The normalized spacial score (nSPS) is 29.6. The lowest BCUT2D eigenvalue weighted by atomic mass is 9.65. The van der Waals surface area contributed by atoms with Gasteiger partial charge in [0.25, 0.3) is 0 Å². The van der Waals surface area contributed by atoms with Crippen LogP contribution in [0.1, 0.15) is 67.0 Å². The maximum atomic E-state index is 5.81. The molecule has 2 aromatic rings. The fourth-order valence-electron chi connectivity index (χ4n) is 3.99. The van der Waals surface area contributed by atoms with Gasteiger partial charge < -0.3 is 14.0 Å². The van der Waals surface area contributed by atoms with Crippen LogP contribution >= 0.6 is 11.3 Å². The highest BCUT2D eigenvalue weighted by Crippen LogP contribution is 2.54. The number of aromatic nitrogens is 3. The van der Waals surface area contributed by atoms with Crippen LogP contribution in [0.3, 0.4) is 0 Å². The van der Waals surface area contributed by atoms with E-state index in [1.165, 1.54) is 42.2 Å². The summed E-state index contributed by atoms with van der Waals surface area (Å²) in [7, 11) is 1.68. The third-order valence-electron chi connectivity index (χ3n) is 5.57. The molecule has 3 fully saturated rings. The summed E-state index contributed by atoms with van der Waals surface area (Å²) in [5.41, 5.74) is -0.0185. The van der Waals surface area contributed by atoms with Crippen molar-refractivity contribution in [3.8, 4) is 0 Å². The van der Waals surface area contributed by atoms with Gasteiger partial charge in [0.2, 0.25) is 0 Å². The van der Waals surface area contributed by atoms with Crippen molar-refractivity contribution < 1.29 is 9.47 Å². The van der Waals surface area contributed by atoms with Gasteiger partial charge >= 0.3 is 0 Å². The summed E-state index contributed by atoms with van der Waals surface area (Å²) in [5.74, 6) is 3.07. The smallest absolute Gasteiger partial charge is 0.146 e. The first-order valence-corrected chi connectivity index (χ1v) is 9.79. The second-order valence-corrected chi connectivity index (χ2v) is 8.37. The molecule has 5 nitrogen and oxygen atoms in total. The maximum Gasteiger partial charge on any atom is 0.146 e. The summed E-state index contributed by atoms with van der Waals surface area (Å²) >= 11 is 1.83. The minimum Gasteiger partial charge on any atom is -0.359 e. The Morgan fingerprint density at radius 2 is 2.08 bits per heavy atom. The molecule has 0 unspecified atom stereocenters. The summed E-state index contributed by atoms with van der Waals surface area (Å²) in [6.45, 7) is 0.369. The zero-order chi connectivity index (χ0) is 16.1. The molecule has 6 heteroatoms. The zero-order valence-electron chi connectivity index (χ0n) is 14.0. The molecule has 0 N–H and O–H groups in total. The molecule has 2 heterocycles. The number of thiophene rings is 1. The van der Waals surface area contributed by atoms with E-state index in [1.807, 2.05) is 11.3 Å². The van der Waals surface area contributed by atoms with Gasteiger partial charge in [-0.15, -0.1) is 21.5 Å². The Kier molecular flexibility index (Phi) is 3.54. The van der Waals surface area contributed by atoms with Crippen LogP contribution in [0.15, 0.2) is 17.5 Å². The minimum absolute atomic E-state index is 0.0185. The fraction of sp³-hybridized carbons (Fsp3) is 0.667. The molecule has 3 aliphatic carbocycles. The SMILES string of the molecule is COCOC1CC(c2cccs2)(c2nnc(C3CC3)n2C2CC2)C1. The van der Waals surface area contributed by atoms with Crippen LogP contribution < -0.4 is 0 Å². The Morgan fingerprint density at radius 3 is 2.71 bits per heavy atom. The predicted octanol–water partition coefficient (Wildman–Crippen LogP) is 3.62. The molecule has 24 heavy (non-hydrogen) atoms. The number of rotatable bonds is 7. The molecule has 0 atom stereocenters. The van der Waals surface area contributed by atoms with Crippen molar-refractivity contribution in [1.82, 2.24) is 14.8 Å². The van der Waals surface area contributed by atoms with Gasteiger partial charge in [-0.3, -0.25) is 0 Å². The molecule has 0 radical (unpaired) electrons. The molecule has 3 saturated carbocycles. The van der Waals surface area contributed by atoms with Crippen LogP contribution in [0.4, 0.5) is 0 Å². The molecule has 0 aliphatic heterocycles. The van der Waals surface area contributed by atoms with Crippen molar-refractivity contribution in [2.24, 2.45) is 0 Å². The van der Waals surface area contributed by atoms with Gasteiger partial charge in [-0.05, 0) is 50.0 Å². The molecule has 128 valence electrons. The van der Waals surface area contributed by atoms with E-state index in [1.54, 1.807) is 7.11 Å². The Hall–Kier alpha value is -1.24. The number of methoxy groups -OCH3 is 1. The lowest BCUT2D eigenvalue weighted by Gasteiger charge is -2.46. The van der Waals surface area contributed by atoms with Crippen molar-refractivity contribution in [3.05, 3.63) is 34.0 Å². The van der Waals surface area contributed by atoms with E-state index in [-0.39, 0.29) is 11.5 Å². The lowest BCUT2D eigenvalue weighted by molar-refractivity contribution is -0.116. The topological polar surface area (TPSA) is 49.2 Å². The first-order chi connectivity index (χ1) is 11.8. The highest BCUT2D eigenvalue weighted by atomic mass is 32.1. The largest absolute Gasteiger partial charge is 0.359 e. The highest BCUT2D eigenvalue weighted by molar-refractivity contribution is 7.10. The Morgan fingerprint density at radius 1 is 1.25 bits per heavy atom. The standard InChI is InChI=1S/C18H23N3O2S/c1-22-11-23-14-9-18(10-14,15-3-2-8-24-15)17-20-19-16(12-4-5-12)21(17)13-6-7-13/h2-3,8,12-14H,4-7,9-11H2,1H3. The van der Waals surface area contributed by atoms with Crippen LogP contribution in [0.25, 0.3) is 0 Å². The maximum absolute atomic E-state index is 5.81. The first-order valence-electron chi connectivity index (χ1n) is 8.91. The monoisotopic (exact) mass is 345 g/mol. The van der Waals surface area contributed by atoms with Crippen LogP contribution in [-0.4, -0.2) is 34.8 Å². The van der Waals surface area contributed by atoms with E-state index in [0.717, 1.165) is 12.8 Å². The van der Waals surface area contributed by atoms with Crippen LogP contribution in [-0.2, 0) is 14.9 Å². The van der Waals surface area contributed by atoms with Crippen molar-refractivity contribution in [3.63, 3.8) is 0 Å². The Labute approximate surface area is 146 Å². The van der Waals surface area contributed by atoms with E-state index in [2.05, 4.69) is 27.2 Å². The average molecular weight is 345 g/mol. The molecule has 3 aliphatic rings. The van der Waals surface area contributed by atoms with Gasteiger partial charge in [0.15, 0.2) is 0 Å². The van der Waals surface area contributed by atoms with Crippen LogP contribution in [0.5, 0.6) is 0 Å². The Balaban J connectivity index is 1.52. The summed E-state index contributed by atoms with van der Waals surface area (Å²) < 4.78 is 13.4. The molecule has 5 rings (SSSR count). The summed E-state index contributed by atoms with van der Waals surface area (Å²) in [6.07, 6.45) is 7.30. The van der Waals surface area contributed by atoms with Gasteiger partial charge in [0, 0.05) is 23.9 Å². The number of hydrogen-bond acceptors (Lipinski definition) is 5. The molecular formula is C18H23N3O2S. The third kappa shape index (κ3) is 2.35. The van der Waals surface area contributed by atoms with E-state index in [4.69, 9.17) is 14.6 Å². The van der Waals surface area contributed by atoms with E-state index < -0.39 is 0 Å². The third-order valence-corrected chi connectivity index (χ3v) is 6.65. The minimum atomic E-state index is -0.0185. The molecule has 0 saturated heterocycles. The van der Waals surface area contributed by atoms with Gasteiger partial charge in [-0.1, -0.05) is 6.07 Å². The summed E-state index contributed by atoms with van der Waals surface area (Å²) in [5, 5.41) is 11.5. The Bertz CT molecular complexity index is 713. The molecule has 0 amide bonds. The number of ether oxygens (including phenoxy) is 2. The molecule has 0 bridgehead atoms. The van der Waals surface area contributed by atoms with Crippen molar-refractivity contribution >= 4 is 11.3 Å². The van der Waals surface area contributed by atoms with Crippen molar-refractivity contribution in [2.75, 3.05) is 13.9 Å². The molecule has 2 aromatic heterocycles. The zero-order valence-corrected chi connectivity index (χ0v) is 14.8. The van der Waals surface area contributed by atoms with E-state index >= 15 is 0 Å². The summed E-state index contributed by atoms with van der Waals surface area (Å²) in [4.78, 5) is 1.40. The van der Waals surface area contributed by atoms with Gasteiger partial charge in [0.1, 0.15) is 18.4 Å².